The molecular formula is C22H28N4O. The lowest BCUT2D eigenvalue weighted by atomic mass is 10.0. The molecule has 27 heavy (non-hydrogen) atoms. The summed E-state index contributed by atoms with van der Waals surface area (Å²) in [5, 5.41) is 4.86. The molecule has 2 N–H and O–H groups in total. The van der Waals surface area contributed by atoms with Crippen LogP contribution in [0, 0.1) is 0 Å². The van der Waals surface area contributed by atoms with E-state index in [1.54, 1.807) is 6.20 Å². The Morgan fingerprint density at radius 2 is 1.93 bits per heavy atom. The van der Waals surface area contributed by atoms with Gasteiger partial charge in [0.25, 0.3) is 0 Å². The molecule has 142 valence electrons. The maximum Gasteiger partial charge on any atom is 0.232 e. The van der Waals surface area contributed by atoms with E-state index in [0.29, 0.717) is 12.5 Å². The van der Waals surface area contributed by atoms with Crippen LogP contribution in [-0.2, 0) is 19.3 Å². The van der Waals surface area contributed by atoms with Gasteiger partial charge in [-0.05, 0) is 69.7 Å². The molecule has 0 fully saturated rings. The Balaban J connectivity index is 1.10. The number of aromatic nitrogens is 3. The molecule has 0 spiro atoms. The average molecular weight is 364 g/mol. The van der Waals surface area contributed by atoms with Crippen molar-refractivity contribution in [3.05, 3.63) is 53.6 Å². The van der Waals surface area contributed by atoms with Crippen LogP contribution in [0.4, 0.5) is 0 Å². The molecule has 2 heterocycles. The highest BCUT2D eigenvalue weighted by Gasteiger charge is 2.12. The maximum atomic E-state index is 5.78. The number of aryl methyl sites for hydroxylation is 2. The summed E-state index contributed by atoms with van der Waals surface area (Å²) in [6.07, 6.45) is 11.6. The smallest absolute Gasteiger partial charge is 0.232 e. The number of unbranched alkanes of at least 4 members (excludes halogenated alkanes) is 1. The minimum Gasteiger partial charge on any atom is -0.477 e. The Hall–Kier alpha value is -2.40. The summed E-state index contributed by atoms with van der Waals surface area (Å²) < 4.78 is 5.78. The van der Waals surface area contributed by atoms with Gasteiger partial charge in [0, 0.05) is 17.1 Å². The van der Waals surface area contributed by atoms with Crippen molar-refractivity contribution in [2.45, 2.75) is 44.9 Å². The van der Waals surface area contributed by atoms with Crippen LogP contribution in [0.15, 0.2) is 36.7 Å². The summed E-state index contributed by atoms with van der Waals surface area (Å²) in [7, 11) is 0. The highest BCUT2D eigenvalue weighted by molar-refractivity contribution is 5.83. The fourth-order valence-corrected chi connectivity index (χ4v) is 3.71. The number of ether oxygens (including phenoxy) is 1. The van der Waals surface area contributed by atoms with E-state index < -0.39 is 0 Å². The maximum absolute atomic E-state index is 5.78. The third-order valence-electron chi connectivity index (χ3n) is 5.23. The molecule has 0 atom stereocenters. The average Bonchev–Trinajstić information content (AvgIpc) is 3.13. The topological polar surface area (TPSA) is 62.8 Å². The molecule has 1 aliphatic carbocycles. The van der Waals surface area contributed by atoms with Crippen molar-refractivity contribution in [1.29, 1.82) is 0 Å². The number of para-hydroxylation sites is 1. The molecule has 0 amide bonds. The van der Waals surface area contributed by atoms with Gasteiger partial charge >= 0.3 is 0 Å². The highest BCUT2D eigenvalue weighted by Crippen LogP contribution is 2.20. The quantitative estimate of drug-likeness (QED) is 0.567. The van der Waals surface area contributed by atoms with Gasteiger partial charge in [0.1, 0.15) is 0 Å². The molecule has 4 rings (SSSR count). The molecule has 5 nitrogen and oxygen atoms in total. The molecule has 1 aliphatic rings. The van der Waals surface area contributed by atoms with Crippen molar-refractivity contribution in [2.24, 2.45) is 0 Å². The second kappa shape index (κ2) is 9.00. The molecule has 0 saturated heterocycles. The summed E-state index contributed by atoms with van der Waals surface area (Å²) in [6, 6.07) is 8.47. The lowest BCUT2D eigenvalue weighted by Crippen LogP contribution is -2.19. The molecule has 0 bridgehead atoms. The summed E-state index contributed by atoms with van der Waals surface area (Å²) in [4.78, 5) is 12.4. The van der Waals surface area contributed by atoms with Crippen molar-refractivity contribution in [1.82, 2.24) is 20.3 Å². The summed E-state index contributed by atoms with van der Waals surface area (Å²) in [6.45, 7) is 2.72. The van der Waals surface area contributed by atoms with Gasteiger partial charge in [-0.3, -0.25) is 4.98 Å². The van der Waals surface area contributed by atoms with Gasteiger partial charge in [0.05, 0.1) is 24.2 Å². The first-order valence-electron chi connectivity index (χ1n) is 10.1. The second-order valence-electron chi connectivity index (χ2n) is 7.22. The Labute approximate surface area is 160 Å². The molecule has 0 saturated carbocycles. The van der Waals surface area contributed by atoms with Gasteiger partial charge in [-0.2, -0.15) is 0 Å². The Morgan fingerprint density at radius 1 is 1.04 bits per heavy atom. The SMILES string of the molecule is c1ccc2c(CCNCCCCOc3cnc4c(n3)CCCC4)c[nH]c2c1. The number of hydrogen-bond donors (Lipinski definition) is 2. The molecule has 3 aromatic rings. The van der Waals surface area contributed by atoms with Crippen LogP contribution >= 0.6 is 0 Å². The van der Waals surface area contributed by atoms with Crippen molar-refractivity contribution in [3.63, 3.8) is 0 Å². The fraction of sp³-hybridized carbons (Fsp3) is 0.455. The van der Waals surface area contributed by atoms with Crippen LogP contribution < -0.4 is 10.1 Å². The first kappa shape index (κ1) is 18.0. The van der Waals surface area contributed by atoms with Crippen molar-refractivity contribution < 1.29 is 4.74 Å². The number of benzene rings is 1. The zero-order chi connectivity index (χ0) is 18.3. The van der Waals surface area contributed by atoms with Gasteiger partial charge in [0.15, 0.2) is 0 Å². The van der Waals surface area contributed by atoms with E-state index in [9.17, 15) is 0 Å². The lowest BCUT2D eigenvalue weighted by Gasteiger charge is -2.14. The van der Waals surface area contributed by atoms with Crippen LogP contribution in [0.3, 0.4) is 0 Å². The first-order valence-corrected chi connectivity index (χ1v) is 10.1. The van der Waals surface area contributed by atoms with Crippen LogP contribution in [0.5, 0.6) is 5.88 Å². The van der Waals surface area contributed by atoms with Crippen molar-refractivity contribution in [2.75, 3.05) is 19.7 Å². The number of nitrogens with zero attached hydrogens (tertiary/aromatic N) is 2. The predicted octanol–water partition coefficient (Wildman–Crippen LogP) is 3.83. The number of nitrogens with one attached hydrogen (secondary N) is 2. The van der Waals surface area contributed by atoms with E-state index >= 15 is 0 Å². The van der Waals surface area contributed by atoms with E-state index in [2.05, 4.69) is 50.7 Å². The van der Waals surface area contributed by atoms with Crippen LogP contribution in [0.2, 0.25) is 0 Å². The van der Waals surface area contributed by atoms with Crippen LogP contribution in [-0.4, -0.2) is 34.6 Å². The minimum absolute atomic E-state index is 0.683. The lowest BCUT2D eigenvalue weighted by molar-refractivity contribution is 0.291. The monoisotopic (exact) mass is 364 g/mol. The molecule has 0 unspecified atom stereocenters. The van der Waals surface area contributed by atoms with Gasteiger partial charge in [-0.25, -0.2) is 4.98 Å². The summed E-state index contributed by atoms with van der Waals surface area (Å²) in [5.74, 6) is 0.683. The third kappa shape index (κ3) is 4.66. The van der Waals surface area contributed by atoms with Crippen LogP contribution in [0.25, 0.3) is 10.9 Å². The normalized spacial score (nSPS) is 13.6. The summed E-state index contributed by atoms with van der Waals surface area (Å²) in [5.41, 5.74) is 4.90. The second-order valence-corrected chi connectivity index (χ2v) is 7.22. The minimum atomic E-state index is 0.683. The zero-order valence-corrected chi connectivity index (χ0v) is 15.8. The molecule has 5 heteroatoms. The van der Waals surface area contributed by atoms with E-state index in [4.69, 9.17) is 4.74 Å². The molecule has 0 radical (unpaired) electrons. The van der Waals surface area contributed by atoms with E-state index in [0.717, 1.165) is 56.6 Å². The number of fused-ring (bicyclic) bond motifs is 2. The first-order chi connectivity index (χ1) is 13.4. The van der Waals surface area contributed by atoms with E-state index in [1.165, 1.54) is 29.3 Å². The van der Waals surface area contributed by atoms with Crippen LogP contribution in [0.1, 0.15) is 42.6 Å². The van der Waals surface area contributed by atoms with Gasteiger partial charge in [-0.1, -0.05) is 18.2 Å². The van der Waals surface area contributed by atoms with E-state index in [-0.39, 0.29) is 0 Å². The zero-order valence-electron chi connectivity index (χ0n) is 15.8. The number of H-pyrrole nitrogens is 1. The fourth-order valence-electron chi connectivity index (χ4n) is 3.71. The molecule has 2 aromatic heterocycles. The van der Waals surface area contributed by atoms with E-state index in [1.807, 2.05) is 0 Å². The number of hydrogen-bond acceptors (Lipinski definition) is 4. The number of aromatic amines is 1. The standard InChI is InChI=1S/C22H28N4O/c1-2-8-19-18(7-1)17(15-24-19)11-13-23-12-5-6-14-27-22-16-25-20-9-3-4-10-21(20)26-22/h1-2,7-8,15-16,23-24H,3-6,9-14H2. The van der Waals surface area contributed by atoms with Gasteiger partial charge in [0.2, 0.25) is 5.88 Å². The van der Waals surface area contributed by atoms with Gasteiger partial charge < -0.3 is 15.0 Å². The Kier molecular flexibility index (Phi) is 5.99. The van der Waals surface area contributed by atoms with Gasteiger partial charge in [-0.15, -0.1) is 0 Å². The Morgan fingerprint density at radius 3 is 2.89 bits per heavy atom. The molecule has 0 aliphatic heterocycles. The Bertz CT molecular complexity index is 874. The third-order valence-corrected chi connectivity index (χ3v) is 5.23. The van der Waals surface area contributed by atoms with Crippen molar-refractivity contribution in [3.8, 4) is 5.88 Å². The highest BCUT2D eigenvalue weighted by atomic mass is 16.5. The summed E-state index contributed by atoms with van der Waals surface area (Å²) >= 11 is 0. The molecular weight excluding hydrogens is 336 g/mol. The predicted molar refractivity (Wildman–Crippen MR) is 108 cm³/mol. The van der Waals surface area contributed by atoms with Crippen molar-refractivity contribution >= 4 is 10.9 Å². The molecule has 1 aromatic carbocycles. The number of rotatable bonds is 9. The largest absolute Gasteiger partial charge is 0.477 e.